The van der Waals surface area contributed by atoms with Crippen molar-refractivity contribution in [2.24, 2.45) is 0 Å². The van der Waals surface area contributed by atoms with Crippen molar-refractivity contribution in [2.75, 3.05) is 39.3 Å². The fourth-order valence-corrected chi connectivity index (χ4v) is 7.33. The van der Waals surface area contributed by atoms with Crippen LogP contribution in [0.25, 0.3) is 0 Å². The number of nitrogens with zero attached hydrogens (tertiary/aromatic N) is 2. The van der Waals surface area contributed by atoms with E-state index in [1.165, 1.54) is 16.7 Å². The maximum atomic E-state index is 10.4. The summed E-state index contributed by atoms with van der Waals surface area (Å²) in [5.74, 6) is 0.0573. The Morgan fingerprint density at radius 2 is 1.19 bits per heavy atom. The van der Waals surface area contributed by atoms with E-state index in [-0.39, 0.29) is 39.9 Å². The monoisotopic (exact) mass is 618 g/mol. The SMILES string of the molecule is Oc1ccc(C2CN(CCCN3CCc4c(cc(O)c(O)c4Cl)C(c4ccc(O)cc4)C3)CCc3c(Cl)cccc32)cc1. The van der Waals surface area contributed by atoms with Gasteiger partial charge in [-0.05, 0) is 102 Å². The maximum Gasteiger partial charge on any atom is 0.176 e. The highest BCUT2D eigenvalue weighted by molar-refractivity contribution is 6.33. The minimum Gasteiger partial charge on any atom is -0.508 e. The Kier molecular flexibility index (Phi) is 8.73. The number of hydrogen-bond acceptors (Lipinski definition) is 6. The predicted octanol–water partition coefficient (Wildman–Crippen LogP) is 6.89. The number of phenols is 4. The Labute approximate surface area is 262 Å². The molecule has 2 atom stereocenters. The molecule has 43 heavy (non-hydrogen) atoms. The van der Waals surface area contributed by atoms with Crippen molar-refractivity contribution in [2.45, 2.75) is 31.1 Å². The molecular formula is C35H36Cl2N2O4. The van der Waals surface area contributed by atoms with Gasteiger partial charge in [-0.1, -0.05) is 59.6 Å². The molecule has 4 aromatic carbocycles. The molecule has 6 rings (SSSR count). The van der Waals surface area contributed by atoms with Crippen LogP contribution in [0.2, 0.25) is 10.0 Å². The molecule has 224 valence electrons. The zero-order valence-corrected chi connectivity index (χ0v) is 25.4. The van der Waals surface area contributed by atoms with Gasteiger partial charge < -0.3 is 30.2 Å². The summed E-state index contributed by atoms with van der Waals surface area (Å²) >= 11 is 13.2. The average Bonchev–Trinajstić information content (AvgIpc) is 3.30. The van der Waals surface area contributed by atoms with Crippen LogP contribution in [0.4, 0.5) is 0 Å². The molecule has 4 aromatic rings. The zero-order chi connectivity index (χ0) is 30.1. The van der Waals surface area contributed by atoms with Gasteiger partial charge in [-0.2, -0.15) is 0 Å². The molecule has 0 saturated carbocycles. The third kappa shape index (κ3) is 6.29. The molecule has 4 N–H and O–H groups in total. The van der Waals surface area contributed by atoms with Crippen LogP contribution in [0.15, 0.2) is 72.8 Å². The molecular weight excluding hydrogens is 583 g/mol. The van der Waals surface area contributed by atoms with Crippen LogP contribution < -0.4 is 0 Å². The summed E-state index contributed by atoms with van der Waals surface area (Å²) < 4.78 is 0. The molecule has 0 spiro atoms. The van der Waals surface area contributed by atoms with Gasteiger partial charge in [-0.3, -0.25) is 0 Å². The molecule has 2 unspecified atom stereocenters. The van der Waals surface area contributed by atoms with Crippen LogP contribution in [0.5, 0.6) is 23.0 Å². The quantitative estimate of drug-likeness (QED) is 0.176. The zero-order valence-electron chi connectivity index (χ0n) is 23.9. The summed E-state index contributed by atoms with van der Waals surface area (Å²) in [5, 5.41) is 41.6. The number of hydrogen-bond donors (Lipinski definition) is 4. The summed E-state index contributed by atoms with van der Waals surface area (Å²) in [7, 11) is 0. The Morgan fingerprint density at radius 3 is 1.77 bits per heavy atom. The van der Waals surface area contributed by atoms with Crippen molar-refractivity contribution in [1.82, 2.24) is 9.80 Å². The second-order valence-corrected chi connectivity index (χ2v) is 12.5. The summed E-state index contributed by atoms with van der Waals surface area (Å²) in [6.45, 7) is 5.11. The third-order valence-corrected chi connectivity index (χ3v) is 9.80. The Hall–Kier alpha value is -3.42. The molecule has 0 saturated heterocycles. The smallest absolute Gasteiger partial charge is 0.176 e. The lowest BCUT2D eigenvalue weighted by molar-refractivity contribution is 0.228. The van der Waals surface area contributed by atoms with Gasteiger partial charge in [0.25, 0.3) is 0 Å². The number of halogens is 2. The number of phenolic OH excluding ortho intramolecular Hbond substituents is 4. The molecule has 0 amide bonds. The normalized spacial score (nSPS) is 19.3. The van der Waals surface area contributed by atoms with E-state index in [0.717, 1.165) is 73.8 Å². The Morgan fingerprint density at radius 1 is 0.651 bits per heavy atom. The van der Waals surface area contributed by atoms with Crippen molar-refractivity contribution in [3.05, 3.63) is 116 Å². The molecule has 0 aliphatic carbocycles. The molecule has 6 nitrogen and oxygen atoms in total. The van der Waals surface area contributed by atoms with Gasteiger partial charge in [-0.15, -0.1) is 0 Å². The van der Waals surface area contributed by atoms with E-state index in [1.807, 2.05) is 36.4 Å². The predicted molar refractivity (Wildman–Crippen MR) is 171 cm³/mol. The van der Waals surface area contributed by atoms with E-state index in [0.29, 0.717) is 6.42 Å². The summed E-state index contributed by atoms with van der Waals surface area (Å²) in [6, 6.07) is 22.5. The first-order valence-corrected chi connectivity index (χ1v) is 15.6. The minimum atomic E-state index is -0.274. The lowest BCUT2D eigenvalue weighted by Gasteiger charge is -2.28. The highest BCUT2D eigenvalue weighted by atomic mass is 35.5. The summed E-state index contributed by atoms with van der Waals surface area (Å²) in [6.07, 6.45) is 2.52. The maximum absolute atomic E-state index is 10.4. The summed E-state index contributed by atoms with van der Waals surface area (Å²) in [4.78, 5) is 4.95. The molecule has 2 heterocycles. The molecule has 0 fully saturated rings. The van der Waals surface area contributed by atoms with E-state index in [9.17, 15) is 20.4 Å². The third-order valence-electron chi connectivity index (χ3n) is 9.04. The molecule has 2 aliphatic rings. The van der Waals surface area contributed by atoms with Crippen molar-refractivity contribution in [3.63, 3.8) is 0 Å². The van der Waals surface area contributed by atoms with Crippen LogP contribution in [0, 0.1) is 0 Å². The van der Waals surface area contributed by atoms with Crippen LogP contribution in [0.3, 0.4) is 0 Å². The minimum absolute atomic E-state index is 0.0733. The van der Waals surface area contributed by atoms with Crippen molar-refractivity contribution in [3.8, 4) is 23.0 Å². The van der Waals surface area contributed by atoms with Gasteiger partial charge in [0.05, 0.1) is 5.02 Å². The van der Waals surface area contributed by atoms with Crippen molar-refractivity contribution in [1.29, 1.82) is 0 Å². The number of benzene rings is 4. The van der Waals surface area contributed by atoms with Crippen LogP contribution in [0.1, 0.15) is 51.6 Å². The van der Waals surface area contributed by atoms with E-state index >= 15 is 0 Å². The fraction of sp³-hybridized carbons (Fsp3) is 0.314. The van der Waals surface area contributed by atoms with Gasteiger partial charge >= 0.3 is 0 Å². The standard InChI is InChI=1S/C35H36Cl2N2O4/c36-32-4-1-3-26-27(32)13-17-38(20-30(26)22-5-9-24(40)10-6-22)15-2-16-39-18-14-28-29(19-33(42)35(43)34(28)37)31(21-39)23-7-11-25(41)12-8-23/h1,3-12,19,30-31,40-43H,2,13-18,20-21H2. The van der Waals surface area contributed by atoms with Crippen molar-refractivity contribution < 1.29 is 20.4 Å². The van der Waals surface area contributed by atoms with Gasteiger partial charge in [0.2, 0.25) is 0 Å². The van der Waals surface area contributed by atoms with Gasteiger partial charge in [0.1, 0.15) is 11.5 Å². The van der Waals surface area contributed by atoms with Crippen molar-refractivity contribution >= 4 is 23.2 Å². The number of rotatable bonds is 6. The second-order valence-electron chi connectivity index (χ2n) is 11.7. The van der Waals surface area contributed by atoms with Crippen LogP contribution >= 0.6 is 23.2 Å². The second kappa shape index (κ2) is 12.7. The lowest BCUT2D eigenvalue weighted by Crippen LogP contribution is -2.34. The first-order chi connectivity index (χ1) is 20.8. The van der Waals surface area contributed by atoms with E-state index < -0.39 is 0 Å². The Balaban J connectivity index is 1.19. The van der Waals surface area contributed by atoms with E-state index in [1.54, 1.807) is 30.3 Å². The summed E-state index contributed by atoms with van der Waals surface area (Å²) in [5.41, 5.74) is 6.41. The first kappa shape index (κ1) is 29.6. The molecule has 0 radical (unpaired) electrons. The van der Waals surface area contributed by atoms with Crippen LogP contribution in [-0.2, 0) is 12.8 Å². The van der Waals surface area contributed by atoms with E-state index in [2.05, 4.69) is 15.9 Å². The topological polar surface area (TPSA) is 87.4 Å². The fourth-order valence-electron chi connectivity index (χ4n) is 6.76. The van der Waals surface area contributed by atoms with Crippen LogP contribution in [-0.4, -0.2) is 69.5 Å². The molecule has 0 aromatic heterocycles. The molecule has 2 aliphatic heterocycles. The number of fused-ring (bicyclic) bond motifs is 2. The number of aromatic hydroxyl groups is 4. The highest BCUT2D eigenvalue weighted by Crippen LogP contribution is 2.44. The first-order valence-electron chi connectivity index (χ1n) is 14.8. The van der Waals surface area contributed by atoms with E-state index in [4.69, 9.17) is 23.2 Å². The Bertz CT molecular complexity index is 1590. The average molecular weight is 620 g/mol. The molecule has 0 bridgehead atoms. The van der Waals surface area contributed by atoms with Gasteiger partial charge in [-0.25, -0.2) is 0 Å². The highest BCUT2D eigenvalue weighted by Gasteiger charge is 2.29. The molecule has 8 heteroatoms. The van der Waals surface area contributed by atoms with Gasteiger partial charge in [0, 0.05) is 43.0 Å². The largest absolute Gasteiger partial charge is 0.508 e. The lowest BCUT2D eigenvalue weighted by atomic mass is 9.87. The van der Waals surface area contributed by atoms with Gasteiger partial charge in [0.15, 0.2) is 11.5 Å².